The summed E-state index contributed by atoms with van der Waals surface area (Å²) in [5.41, 5.74) is 0.263. The molecule has 2 aromatic carbocycles. The van der Waals surface area contributed by atoms with Crippen LogP contribution in [0.4, 0.5) is 5.69 Å². The Labute approximate surface area is 136 Å². The van der Waals surface area contributed by atoms with Crippen molar-refractivity contribution in [3.8, 4) is 0 Å². The highest BCUT2D eigenvalue weighted by atomic mass is 35.5. The predicted molar refractivity (Wildman–Crippen MR) is 83.9 cm³/mol. The molecular formula is C16H12ClNO5. The van der Waals surface area contributed by atoms with Crippen LogP contribution in [0.3, 0.4) is 0 Å². The zero-order valence-corrected chi connectivity index (χ0v) is 12.9. The van der Waals surface area contributed by atoms with Crippen molar-refractivity contribution in [1.29, 1.82) is 0 Å². The van der Waals surface area contributed by atoms with Crippen LogP contribution in [0.25, 0.3) is 0 Å². The zero-order valence-electron chi connectivity index (χ0n) is 12.1. The van der Waals surface area contributed by atoms with Gasteiger partial charge in [0.05, 0.1) is 23.2 Å². The largest absolute Gasteiger partial charge is 0.465 e. The third-order valence-electron chi connectivity index (χ3n) is 3.19. The second-order valence-corrected chi connectivity index (χ2v) is 5.14. The van der Waals surface area contributed by atoms with Gasteiger partial charge >= 0.3 is 5.97 Å². The van der Waals surface area contributed by atoms with Gasteiger partial charge < -0.3 is 4.74 Å². The van der Waals surface area contributed by atoms with Gasteiger partial charge in [-0.3, -0.25) is 14.9 Å². The van der Waals surface area contributed by atoms with Crippen molar-refractivity contribution in [2.75, 3.05) is 7.11 Å². The lowest BCUT2D eigenvalue weighted by atomic mass is 9.99. The average Bonchev–Trinajstić information content (AvgIpc) is 2.55. The van der Waals surface area contributed by atoms with Crippen molar-refractivity contribution >= 4 is 29.0 Å². The Bertz CT molecular complexity index is 771. The summed E-state index contributed by atoms with van der Waals surface area (Å²) in [6, 6.07) is 10.1. The number of rotatable bonds is 5. The van der Waals surface area contributed by atoms with Crippen LogP contribution < -0.4 is 0 Å². The molecule has 0 atom stereocenters. The molecule has 0 fully saturated rings. The topological polar surface area (TPSA) is 86.5 Å². The van der Waals surface area contributed by atoms with Crippen LogP contribution in [0.5, 0.6) is 0 Å². The Morgan fingerprint density at radius 3 is 2.39 bits per heavy atom. The predicted octanol–water partition coefficient (Wildman–Crippen LogP) is 3.46. The minimum atomic E-state index is -0.666. The van der Waals surface area contributed by atoms with Gasteiger partial charge in [0.2, 0.25) is 0 Å². The van der Waals surface area contributed by atoms with E-state index in [1.54, 1.807) is 24.3 Å². The van der Waals surface area contributed by atoms with E-state index in [1.165, 1.54) is 19.2 Å². The monoisotopic (exact) mass is 333 g/mol. The molecule has 0 amide bonds. The fraction of sp³-hybridized carbons (Fsp3) is 0.125. The Balaban J connectivity index is 2.38. The van der Waals surface area contributed by atoms with Crippen LogP contribution in [0.1, 0.15) is 26.3 Å². The first-order chi connectivity index (χ1) is 10.9. The van der Waals surface area contributed by atoms with E-state index in [4.69, 9.17) is 11.6 Å². The molecule has 0 aliphatic carbocycles. The number of ketones is 1. The summed E-state index contributed by atoms with van der Waals surface area (Å²) in [7, 11) is 1.19. The van der Waals surface area contributed by atoms with E-state index in [1.807, 2.05) is 0 Å². The molecular weight excluding hydrogens is 322 g/mol. The summed E-state index contributed by atoms with van der Waals surface area (Å²) >= 11 is 5.78. The first-order valence-electron chi connectivity index (χ1n) is 6.56. The second-order valence-electron chi connectivity index (χ2n) is 4.71. The lowest BCUT2D eigenvalue weighted by Gasteiger charge is -2.05. The molecule has 0 saturated heterocycles. The van der Waals surface area contributed by atoms with E-state index in [2.05, 4.69) is 4.74 Å². The van der Waals surface area contributed by atoms with E-state index in [-0.39, 0.29) is 23.2 Å². The van der Waals surface area contributed by atoms with Crippen LogP contribution in [0.2, 0.25) is 5.02 Å². The van der Waals surface area contributed by atoms with Crippen molar-refractivity contribution in [2.45, 2.75) is 6.42 Å². The van der Waals surface area contributed by atoms with Gasteiger partial charge in [0.1, 0.15) is 0 Å². The number of carbonyl (C=O) groups excluding carboxylic acids is 2. The van der Waals surface area contributed by atoms with Crippen molar-refractivity contribution in [3.05, 3.63) is 74.3 Å². The van der Waals surface area contributed by atoms with Crippen molar-refractivity contribution in [3.63, 3.8) is 0 Å². The summed E-state index contributed by atoms with van der Waals surface area (Å²) < 4.78 is 4.57. The number of ether oxygens (including phenoxy) is 1. The maximum atomic E-state index is 12.4. The van der Waals surface area contributed by atoms with E-state index < -0.39 is 16.7 Å². The molecule has 0 aliphatic heterocycles. The summed E-state index contributed by atoms with van der Waals surface area (Å²) in [4.78, 5) is 34.4. The minimum absolute atomic E-state index is 0.0391. The Morgan fingerprint density at radius 1 is 1.17 bits per heavy atom. The molecule has 2 rings (SSSR count). The number of halogens is 1. The van der Waals surface area contributed by atoms with Crippen molar-refractivity contribution in [2.24, 2.45) is 0 Å². The van der Waals surface area contributed by atoms with Gasteiger partial charge in [-0.05, 0) is 29.8 Å². The zero-order chi connectivity index (χ0) is 17.0. The van der Waals surface area contributed by atoms with Gasteiger partial charge in [0, 0.05) is 17.5 Å². The molecule has 0 spiro atoms. The van der Waals surface area contributed by atoms with Gasteiger partial charge in [-0.15, -0.1) is 0 Å². The van der Waals surface area contributed by atoms with Crippen LogP contribution >= 0.6 is 11.6 Å². The van der Waals surface area contributed by atoms with Gasteiger partial charge in [-0.2, -0.15) is 0 Å². The summed E-state index contributed by atoms with van der Waals surface area (Å²) in [5.74, 6) is -1.13. The molecule has 23 heavy (non-hydrogen) atoms. The highest BCUT2D eigenvalue weighted by Crippen LogP contribution is 2.23. The number of benzene rings is 2. The number of nitro groups is 1. The molecule has 7 heteroatoms. The average molecular weight is 334 g/mol. The third-order valence-corrected chi connectivity index (χ3v) is 3.44. The molecule has 0 aliphatic rings. The SMILES string of the molecule is COC(=O)c1ccc([N+](=O)[O-])c(C(=O)Cc2ccc(Cl)cc2)c1. The maximum Gasteiger partial charge on any atom is 0.337 e. The number of esters is 1. The highest BCUT2D eigenvalue weighted by molar-refractivity contribution is 6.30. The maximum absolute atomic E-state index is 12.4. The van der Waals surface area contributed by atoms with Crippen molar-refractivity contribution in [1.82, 2.24) is 0 Å². The highest BCUT2D eigenvalue weighted by Gasteiger charge is 2.22. The lowest BCUT2D eigenvalue weighted by molar-refractivity contribution is -0.385. The molecule has 0 heterocycles. The molecule has 6 nitrogen and oxygen atoms in total. The van der Waals surface area contributed by atoms with Gasteiger partial charge in [0.25, 0.3) is 5.69 Å². The van der Waals surface area contributed by atoms with E-state index in [0.717, 1.165) is 6.07 Å². The minimum Gasteiger partial charge on any atom is -0.465 e. The number of methoxy groups -OCH3 is 1. The smallest absolute Gasteiger partial charge is 0.337 e. The molecule has 0 unspecified atom stereocenters. The molecule has 0 aromatic heterocycles. The number of nitrogens with zero attached hydrogens (tertiary/aromatic N) is 1. The van der Waals surface area contributed by atoms with Crippen LogP contribution in [0.15, 0.2) is 42.5 Å². The van der Waals surface area contributed by atoms with Crippen LogP contribution in [-0.4, -0.2) is 23.8 Å². The van der Waals surface area contributed by atoms with E-state index in [9.17, 15) is 19.7 Å². The Kier molecular flexibility index (Phi) is 5.08. The quantitative estimate of drug-likeness (QED) is 0.362. The Hall–Kier alpha value is -2.73. The van der Waals surface area contributed by atoms with Gasteiger partial charge in [-0.25, -0.2) is 4.79 Å². The summed E-state index contributed by atoms with van der Waals surface area (Å²) in [5, 5.41) is 11.6. The number of nitro benzene ring substituents is 1. The van der Waals surface area contributed by atoms with Crippen LogP contribution in [0, 0.1) is 10.1 Å². The van der Waals surface area contributed by atoms with E-state index >= 15 is 0 Å². The summed E-state index contributed by atoms with van der Waals surface area (Å²) in [6.45, 7) is 0. The molecule has 118 valence electrons. The molecule has 2 aromatic rings. The second kappa shape index (κ2) is 7.02. The first kappa shape index (κ1) is 16.6. The number of carbonyl (C=O) groups is 2. The third kappa shape index (κ3) is 3.92. The van der Waals surface area contributed by atoms with E-state index in [0.29, 0.717) is 10.6 Å². The number of hydrogen-bond acceptors (Lipinski definition) is 5. The number of Topliss-reactive ketones (excluding diaryl/α,β-unsaturated/α-hetero) is 1. The fourth-order valence-corrected chi connectivity index (χ4v) is 2.17. The normalized spacial score (nSPS) is 10.2. The Morgan fingerprint density at radius 2 is 1.83 bits per heavy atom. The van der Waals surface area contributed by atoms with Gasteiger partial charge in [0.15, 0.2) is 5.78 Å². The van der Waals surface area contributed by atoms with Crippen molar-refractivity contribution < 1.29 is 19.2 Å². The summed E-state index contributed by atoms with van der Waals surface area (Å²) in [6.07, 6.45) is -0.0391. The first-order valence-corrected chi connectivity index (χ1v) is 6.94. The van der Waals surface area contributed by atoms with Crippen LogP contribution in [-0.2, 0) is 11.2 Å². The van der Waals surface area contributed by atoms with Gasteiger partial charge in [-0.1, -0.05) is 23.7 Å². The number of hydrogen-bond donors (Lipinski definition) is 0. The molecule has 0 radical (unpaired) electrons. The lowest BCUT2D eigenvalue weighted by Crippen LogP contribution is -2.10. The standard InChI is InChI=1S/C16H12ClNO5/c1-23-16(20)11-4-7-14(18(21)22)13(9-11)15(19)8-10-2-5-12(17)6-3-10/h2-7,9H,8H2,1H3. The molecule has 0 N–H and O–H groups in total. The molecule has 0 saturated carbocycles. The molecule has 0 bridgehead atoms. The fourth-order valence-electron chi connectivity index (χ4n) is 2.05.